The number of carbonyl (C=O) groups excluding carboxylic acids is 1. The molecule has 4 aromatic rings. The lowest BCUT2D eigenvalue weighted by atomic mass is 10.0. The first-order valence-corrected chi connectivity index (χ1v) is 14.4. The fourth-order valence-electron chi connectivity index (χ4n) is 4.98. The lowest BCUT2D eigenvalue weighted by Crippen LogP contribution is -2.41. The van der Waals surface area contributed by atoms with Crippen molar-refractivity contribution in [2.45, 2.75) is 19.3 Å². The van der Waals surface area contributed by atoms with Gasteiger partial charge in [0.05, 0.1) is 35.3 Å². The number of morpholine rings is 1. The minimum Gasteiger partial charge on any atom is -0.378 e. The maximum Gasteiger partial charge on any atom is 0.260 e. The first-order chi connectivity index (χ1) is 20.1. The monoisotopic (exact) mass is 586 g/mol. The van der Waals surface area contributed by atoms with Crippen LogP contribution in [0.5, 0.6) is 0 Å². The van der Waals surface area contributed by atoms with Crippen LogP contribution in [0.25, 0.3) is 0 Å². The summed E-state index contributed by atoms with van der Waals surface area (Å²) in [4.78, 5) is 33.4. The van der Waals surface area contributed by atoms with Crippen LogP contribution >= 0.6 is 22.9 Å². The molecule has 6 rings (SSSR count). The molecule has 41 heavy (non-hydrogen) atoms. The van der Waals surface area contributed by atoms with Crippen molar-refractivity contribution in [2.75, 3.05) is 36.2 Å². The molecule has 0 radical (unpaired) electrons. The van der Waals surface area contributed by atoms with Crippen LogP contribution in [0.2, 0.25) is 4.34 Å². The number of thiophene rings is 1. The van der Waals surface area contributed by atoms with E-state index < -0.39 is 6.17 Å². The standard InChI is InChI=1S/C30H27ClN6O3S/c31-27-8-7-24(41-27)18-33-29-26(20-38)28(25-2-1-13-36(30(25)39)19-21-9-11-32-12-10-21)34-37(29)23-5-3-22(4-6-23)35-14-16-40-17-15-35/h1-13,29,33H,14-19H2. The highest BCUT2D eigenvalue weighted by Crippen LogP contribution is 2.30. The number of rotatable bonds is 8. The summed E-state index contributed by atoms with van der Waals surface area (Å²) in [5.74, 6) is 2.09. The van der Waals surface area contributed by atoms with E-state index in [2.05, 4.69) is 21.1 Å². The average molecular weight is 587 g/mol. The van der Waals surface area contributed by atoms with Crippen LogP contribution in [-0.4, -0.2) is 53.7 Å². The Balaban J connectivity index is 1.35. The Bertz CT molecular complexity index is 1660. The fourth-order valence-corrected chi connectivity index (χ4v) is 6.02. The maximum atomic E-state index is 13.6. The van der Waals surface area contributed by atoms with Crippen molar-refractivity contribution < 1.29 is 9.53 Å². The van der Waals surface area contributed by atoms with Gasteiger partial charge in [-0.05, 0) is 66.2 Å². The number of anilines is 2. The van der Waals surface area contributed by atoms with Crippen molar-refractivity contribution in [1.29, 1.82) is 0 Å². The Labute approximate surface area is 246 Å². The predicted molar refractivity (Wildman–Crippen MR) is 162 cm³/mol. The number of hydrogen-bond donors (Lipinski definition) is 1. The second kappa shape index (κ2) is 12.2. The third-order valence-corrected chi connectivity index (χ3v) is 8.29. The number of nitrogens with zero attached hydrogens (tertiary/aromatic N) is 5. The van der Waals surface area contributed by atoms with Gasteiger partial charge in [-0.25, -0.2) is 9.80 Å². The van der Waals surface area contributed by atoms with E-state index in [1.54, 1.807) is 40.3 Å². The van der Waals surface area contributed by atoms with Crippen LogP contribution in [0, 0.1) is 0 Å². The maximum absolute atomic E-state index is 13.6. The normalized spacial score (nSPS) is 17.0. The van der Waals surface area contributed by atoms with Crippen molar-refractivity contribution in [3.05, 3.63) is 116 Å². The van der Waals surface area contributed by atoms with Gasteiger partial charge >= 0.3 is 0 Å². The van der Waals surface area contributed by atoms with E-state index >= 15 is 0 Å². The Morgan fingerprint density at radius 2 is 1.78 bits per heavy atom. The molecule has 0 aliphatic carbocycles. The summed E-state index contributed by atoms with van der Waals surface area (Å²) in [6, 6.07) is 19.0. The minimum atomic E-state index is -0.633. The topological polar surface area (TPSA) is 92.1 Å². The quantitative estimate of drug-likeness (QED) is 0.313. The van der Waals surface area contributed by atoms with Gasteiger partial charge in [0.15, 0.2) is 0 Å². The molecule has 3 aromatic heterocycles. The summed E-state index contributed by atoms with van der Waals surface area (Å²) in [6.45, 7) is 3.88. The molecule has 11 heteroatoms. The Morgan fingerprint density at radius 3 is 2.49 bits per heavy atom. The molecule has 0 amide bonds. The summed E-state index contributed by atoms with van der Waals surface area (Å²) >= 11 is 7.61. The zero-order valence-corrected chi connectivity index (χ0v) is 23.6. The van der Waals surface area contributed by atoms with Crippen molar-refractivity contribution in [3.8, 4) is 0 Å². The molecule has 1 N–H and O–H groups in total. The van der Waals surface area contributed by atoms with Gasteiger partial charge in [-0.1, -0.05) is 11.6 Å². The SMILES string of the molecule is O=C=C1C(c2cccn(Cc3ccncc3)c2=O)=NN(c2ccc(N3CCOCC3)cc2)C1NCc1ccc(Cl)s1. The number of nitrogens with one attached hydrogen (secondary N) is 1. The molecule has 208 valence electrons. The number of halogens is 1. The second-order valence-electron chi connectivity index (χ2n) is 9.62. The molecule has 1 atom stereocenters. The number of ether oxygens (including phenoxy) is 1. The van der Waals surface area contributed by atoms with Crippen molar-refractivity contribution in [1.82, 2.24) is 14.9 Å². The summed E-state index contributed by atoms with van der Waals surface area (Å²) < 4.78 is 7.77. The molecule has 2 aliphatic rings. The first kappa shape index (κ1) is 27.1. The van der Waals surface area contributed by atoms with Crippen LogP contribution < -0.4 is 20.8 Å². The molecule has 9 nitrogen and oxygen atoms in total. The van der Waals surface area contributed by atoms with Gasteiger partial charge in [-0.3, -0.25) is 15.1 Å². The molecular weight excluding hydrogens is 560 g/mol. The predicted octanol–water partition coefficient (Wildman–Crippen LogP) is 3.94. The van der Waals surface area contributed by atoms with Gasteiger partial charge in [-0.15, -0.1) is 11.3 Å². The zero-order chi connectivity index (χ0) is 28.2. The molecular formula is C30H27ClN6O3S. The van der Waals surface area contributed by atoms with Crippen LogP contribution in [-0.2, 0) is 22.6 Å². The highest BCUT2D eigenvalue weighted by Gasteiger charge is 2.36. The molecule has 0 saturated carbocycles. The molecule has 5 heterocycles. The first-order valence-electron chi connectivity index (χ1n) is 13.2. The highest BCUT2D eigenvalue weighted by molar-refractivity contribution is 7.16. The summed E-state index contributed by atoms with van der Waals surface area (Å²) in [7, 11) is 0. The summed E-state index contributed by atoms with van der Waals surface area (Å²) in [5, 5.41) is 10.0. The van der Waals surface area contributed by atoms with E-state index in [-0.39, 0.29) is 11.1 Å². The fraction of sp³-hybridized carbons (Fsp3) is 0.233. The number of hydrazone groups is 1. The van der Waals surface area contributed by atoms with Crippen molar-refractivity contribution in [2.24, 2.45) is 5.10 Å². The van der Waals surface area contributed by atoms with Crippen molar-refractivity contribution in [3.63, 3.8) is 0 Å². The smallest absolute Gasteiger partial charge is 0.260 e. The summed E-state index contributed by atoms with van der Waals surface area (Å²) in [6.07, 6.45) is 4.48. The lowest BCUT2D eigenvalue weighted by molar-refractivity contribution is 0.122. The van der Waals surface area contributed by atoms with Gasteiger partial charge in [0.1, 0.15) is 23.4 Å². The third-order valence-electron chi connectivity index (χ3n) is 7.06. The van der Waals surface area contributed by atoms with E-state index in [1.165, 1.54) is 11.3 Å². The van der Waals surface area contributed by atoms with Gasteiger partial charge in [0.2, 0.25) is 0 Å². The molecule has 1 fully saturated rings. The van der Waals surface area contributed by atoms with Crippen LogP contribution in [0.1, 0.15) is 16.0 Å². The Kier molecular flexibility index (Phi) is 8.09. The van der Waals surface area contributed by atoms with E-state index in [1.807, 2.05) is 48.5 Å². The van der Waals surface area contributed by atoms with Gasteiger partial charge in [0.25, 0.3) is 5.56 Å². The van der Waals surface area contributed by atoms with Gasteiger partial charge in [0, 0.05) is 48.8 Å². The van der Waals surface area contributed by atoms with E-state index in [4.69, 9.17) is 21.4 Å². The van der Waals surface area contributed by atoms with Gasteiger partial charge < -0.3 is 14.2 Å². The van der Waals surface area contributed by atoms with Crippen LogP contribution in [0.3, 0.4) is 0 Å². The molecule has 1 saturated heterocycles. The number of benzene rings is 1. The Hall–Kier alpha value is -4.05. The molecule has 2 aliphatic heterocycles. The average Bonchev–Trinajstić information content (AvgIpc) is 3.61. The molecule has 0 spiro atoms. The third kappa shape index (κ3) is 5.88. The number of aromatic nitrogens is 2. The molecule has 0 bridgehead atoms. The lowest BCUT2D eigenvalue weighted by Gasteiger charge is -2.29. The zero-order valence-electron chi connectivity index (χ0n) is 22.1. The largest absolute Gasteiger partial charge is 0.378 e. The van der Waals surface area contributed by atoms with Crippen LogP contribution in [0.15, 0.2) is 94.7 Å². The van der Waals surface area contributed by atoms with Crippen LogP contribution in [0.4, 0.5) is 11.4 Å². The highest BCUT2D eigenvalue weighted by atomic mass is 35.5. The Morgan fingerprint density at radius 1 is 1.02 bits per heavy atom. The molecule has 1 unspecified atom stereocenters. The van der Waals surface area contributed by atoms with Gasteiger partial charge in [-0.2, -0.15) is 5.10 Å². The molecule has 1 aromatic carbocycles. The summed E-state index contributed by atoms with van der Waals surface area (Å²) in [5.41, 5.74) is 3.46. The second-order valence-corrected chi connectivity index (χ2v) is 11.4. The van der Waals surface area contributed by atoms with E-state index in [9.17, 15) is 9.59 Å². The van der Waals surface area contributed by atoms with E-state index in [0.717, 1.165) is 34.9 Å². The number of hydrogen-bond acceptors (Lipinski definition) is 9. The minimum absolute atomic E-state index is 0.246. The van der Waals surface area contributed by atoms with Crippen molar-refractivity contribution >= 4 is 46.0 Å². The van der Waals surface area contributed by atoms with E-state index in [0.29, 0.717) is 41.9 Å². The number of pyridine rings is 2.